The van der Waals surface area contributed by atoms with Crippen molar-refractivity contribution in [2.45, 2.75) is 25.8 Å². The van der Waals surface area contributed by atoms with Crippen LogP contribution in [-0.4, -0.2) is 25.9 Å². The molecule has 0 fully saturated rings. The van der Waals surface area contributed by atoms with Crippen LogP contribution in [0.2, 0.25) is 0 Å². The van der Waals surface area contributed by atoms with Crippen molar-refractivity contribution in [3.05, 3.63) is 70.6 Å². The quantitative estimate of drug-likeness (QED) is 0.830. The third-order valence-electron chi connectivity index (χ3n) is 4.84. The van der Waals surface area contributed by atoms with Crippen LogP contribution in [-0.2, 0) is 16.0 Å². The number of methoxy groups -OCH3 is 2. The van der Waals surface area contributed by atoms with Gasteiger partial charge in [0.1, 0.15) is 5.82 Å². The maximum absolute atomic E-state index is 13.3. The molecule has 0 aromatic heterocycles. The second kappa shape index (κ2) is 8.25. The first kappa shape index (κ1) is 19.6. The number of Topliss-reactive ketones (excluding diaryl/α,β-unsaturated/α-hetero) is 1. The van der Waals surface area contributed by atoms with E-state index in [4.69, 9.17) is 9.47 Å². The maximum Gasteiger partial charge on any atom is 0.224 e. The van der Waals surface area contributed by atoms with Crippen molar-refractivity contribution in [2.75, 3.05) is 14.2 Å². The van der Waals surface area contributed by atoms with E-state index in [1.165, 1.54) is 12.1 Å². The number of hydrogen-bond donors (Lipinski definition) is 1. The predicted octanol–water partition coefficient (Wildman–Crippen LogP) is 3.45. The molecule has 1 atom stereocenters. The van der Waals surface area contributed by atoms with Crippen LogP contribution in [0.15, 0.2) is 48.0 Å². The number of ether oxygens (including phenoxy) is 2. The van der Waals surface area contributed by atoms with E-state index in [0.29, 0.717) is 22.6 Å². The SMILES string of the molecule is COc1cc(C)c(CC(=O)C2=CCC(=O)NC2c2ccc(F)cc2)cc1OC. The molecule has 1 N–H and O–H groups in total. The molecule has 28 heavy (non-hydrogen) atoms. The van der Waals surface area contributed by atoms with Gasteiger partial charge in [-0.25, -0.2) is 4.39 Å². The highest BCUT2D eigenvalue weighted by molar-refractivity contribution is 6.00. The molecule has 1 unspecified atom stereocenters. The minimum atomic E-state index is -0.588. The lowest BCUT2D eigenvalue weighted by Gasteiger charge is -2.25. The fourth-order valence-corrected chi connectivity index (χ4v) is 3.30. The normalized spacial score (nSPS) is 16.2. The van der Waals surface area contributed by atoms with E-state index in [9.17, 15) is 14.0 Å². The molecule has 0 spiro atoms. The van der Waals surface area contributed by atoms with Crippen LogP contribution >= 0.6 is 0 Å². The van der Waals surface area contributed by atoms with Crippen LogP contribution in [0.5, 0.6) is 11.5 Å². The van der Waals surface area contributed by atoms with Crippen LogP contribution in [0.3, 0.4) is 0 Å². The highest BCUT2D eigenvalue weighted by Crippen LogP contribution is 2.32. The lowest BCUT2D eigenvalue weighted by atomic mass is 9.88. The molecular weight excluding hydrogens is 361 g/mol. The Morgan fingerprint density at radius 2 is 1.79 bits per heavy atom. The summed E-state index contributed by atoms with van der Waals surface area (Å²) in [6, 6.07) is 8.82. The summed E-state index contributed by atoms with van der Waals surface area (Å²) < 4.78 is 23.9. The first-order chi connectivity index (χ1) is 13.4. The van der Waals surface area contributed by atoms with Crippen LogP contribution in [0.4, 0.5) is 4.39 Å². The molecule has 6 heteroatoms. The van der Waals surface area contributed by atoms with E-state index in [2.05, 4.69) is 5.32 Å². The molecule has 146 valence electrons. The van der Waals surface area contributed by atoms with E-state index in [1.54, 1.807) is 38.5 Å². The predicted molar refractivity (Wildman–Crippen MR) is 103 cm³/mol. The summed E-state index contributed by atoms with van der Waals surface area (Å²) in [6.07, 6.45) is 1.96. The lowest BCUT2D eigenvalue weighted by molar-refractivity contribution is -0.121. The number of ketones is 1. The monoisotopic (exact) mass is 383 g/mol. The first-order valence-corrected chi connectivity index (χ1v) is 8.92. The van der Waals surface area contributed by atoms with Gasteiger partial charge < -0.3 is 14.8 Å². The van der Waals surface area contributed by atoms with Crippen LogP contribution in [0.1, 0.15) is 29.2 Å². The highest BCUT2D eigenvalue weighted by atomic mass is 19.1. The summed E-state index contributed by atoms with van der Waals surface area (Å²) in [6.45, 7) is 1.90. The van der Waals surface area contributed by atoms with Crippen LogP contribution in [0, 0.1) is 12.7 Å². The van der Waals surface area contributed by atoms with Crippen LogP contribution < -0.4 is 14.8 Å². The van der Waals surface area contributed by atoms with Gasteiger partial charge in [-0.05, 0) is 47.9 Å². The number of amides is 1. The second-order valence-electron chi connectivity index (χ2n) is 6.65. The molecule has 1 aliphatic rings. The Bertz CT molecular complexity index is 934. The zero-order valence-corrected chi connectivity index (χ0v) is 16.0. The summed E-state index contributed by atoms with van der Waals surface area (Å²) in [5, 5.41) is 2.83. The van der Waals surface area contributed by atoms with E-state index in [-0.39, 0.29) is 30.3 Å². The van der Waals surface area contributed by atoms with Gasteiger partial charge in [0.15, 0.2) is 17.3 Å². The number of hydrogen-bond acceptors (Lipinski definition) is 4. The van der Waals surface area contributed by atoms with Crippen molar-refractivity contribution in [1.29, 1.82) is 0 Å². The zero-order chi connectivity index (χ0) is 20.3. The number of benzene rings is 2. The number of aryl methyl sites for hydroxylation is 1. The number of carbonyl (C=O) groups is 2. The van der Waals surface area contributed by atoms with Gasteiger partial charge in [-0.2, -0.15) is 0 Å². The van der Waals surface area contributed by atoms with Gasteiger partial charge >= 0.3 is 0 Å². The molecule has 0 radical (unpaired) electrons. The largest absolute Gasteiger partial charge is 0.493 e. The van der Waals surface area contributed by atoms with E-state index in [0.717, 1.165) is 11.1 Å². The molecule has 5 nitrogen and oxygen atoms in total. The number of carbonyl (C=O) groups excluding carboxylic acids is 2. The van der Waals surface area contributed by atoms with Gasteiger partial charge in [0, 0.05) is 18.4 Å². The molecule has 0 saturated carbocycles. The summed E-state index contributed by atoms with van der Waals surface area (Å²) in [5.41, 5.74) is 2.89. The fourth-order valence-electron chi connectivity index (χ4n) is 3.30. The number of halogens is 1. The number of rotatable bonds is 6. The standard InChI is InChI=1S/C22H22FNO4/c1-13-10-19(27-2)20(28-3)12-15(13)11-18(25)17-8-9-21(26)24-22(17)14-4-6-16(23)7-5-14/h4-8,10,12,22H,9,11H2,1-3H3,(H,24,26). The first-order valence-electron chi connectivity index (χ1n) is 8.92. The molecule has 0 bridgehead atoms. The maximum atomic E-state index is 13.3. The van der Waals surface area contributed by atoms with Crippen LogP contribution in [0.25, 0.3) is 0 Å². The molecule has 3 rings (SSSR count). The van der Waals surface area contributed by atoms with E-state index >= 15 is 0 Å². The Balaban J connectivity index is 1.90. The van der Waals surface area contributed by atoms with Crippen molar-refractivity contribution >= 4 is 11.7 Å². The minimum Gasteiger partial charge on any atom is -0.493 e. The van der Waals surface area contributed by atoms with E-state index < -0.39 is 6.04 Å². The average Bonchev–Trinajstić information content (AvgIpc) is 2.69. The summed E-state index contributed by atoms with van der Waals surface area (Å²) in [4.78, 5) is 24.9. The molecule has 1 amide bonds. The Kier molecular flexibility index (Phi) is 5.78. The molecule has 1 aliphatic heterocycles. The van der Waals surface area contributed by atoms with Crippen molar-refractivity contribution < 1.29 is 23.5 Å². The summed E-state index contributed by atoms with van der Waals surface area (Å²) in [7, 11) is 3.10. The smallest absolute Gasteiger partial charge is 0.224 e. The van der Waals surface area contributed by atoms with Crippen molar-refractivity contribution in [3.8, 4) is 11.5 Å². The van der Waals surface area contributed by atoms with Gasteiger partial charge in [0.2, 0.25) is 5.91 Å². The fraction of sp³-hybridized carbons (Fsp3) is 0.273. The molecular formula is C22H22FNO4. The third kappa shape index (κ3) is 4.06. The van der Waals surface area contributed by atoms with Gasteiger partial charge in [-0.1, -0.05) is 18.2 Å². The third-order valence-corrected chi connectivity index (χ3v) is 4.84. The zero-order valence-electron chi connectivity index (χ0n) is 16.0. The van der Waals surface area contributed by atoms with Crippen molar-refractivity contribution in [3.63, 3.8) is 0 Å². The molecule has 2 aromatic rings. The van der Waals surface area contributed by atoms with Gasteiger partial charge in [0.25, 0.3) is 0 Å². The van der Waals surface area contributed by atoms with Gasteiger partial charge in [-0.3, -0.25) is 9.59 Å². The Morgan fingerprint density at radius 1 is 1.14 bits per heavy atom. The second-order valence-corrected chi connectivity index (χ2v) is 6.65. The highest BCUT2D eigenvalue weighted by Gasteiger charge is 2.28. The topological polar surface area (TPSA) is 64.6 Å². The Hall–Kier alpha value is -3.15. The van der Waals surface area contributed by atoms with Gasteiger partial charge in [0.05, 0.1) is 20.3 Å². The Morgan fingerprint density at radius 3 is 2.43 bits per heavy atom. The molecule has 0 saturated heterocycles. The van der Waals surface area contributed by atoms with Crippen molar-refractivity contribution in [2.24, 2.45) is 0 Å². The summed E-state index contributed by atoms with van der Waals surface area (Å²) in [5.74, 6) is 0.503. The average molecular weight is 383 g/mol. The minimum absolute atomic E-state index is 0.107. The molecule has 1 heterocycles. The van der Waals surface area contributed by atoms with Crippen molar-refractivity contribution in [1.82, 2.24) is 5.32 Å². The lowest BCUT2D eigenvalue weighted by Crippen LogP contribution is -2.35. The Labute approximate surface area is 163 Å². The summed E-state index contributed by atoms with van der Waals surface area (Å²) >= 11 is 0. The molecule has 2 aromatic carbocycles. The van der Waals surface area contributed by atoms with E-state index in [1.807, 2.05) is 13.0 Å². The molecule has 0 aliphatic carbocycles. The number of nitrogens with one attached hydrogen (secondary N) is 1. The van der Waals surface area contributed by atoms with Gasteiger partial charge in [-0.15, -0.1) is 0 Å².